The normalized spacial score (nSPS) is 11.4. The lowest BCUT2D eigenvalue weighted by Crippen LogP contribution is -2.41. The highest BCUT2D eigenvalue weighted by molar-refractivity contribution is 5.93. The number of hydrogen-bond donors (Lipinski definition) is 3. The molecule has 0 spiro atoms. The predicted molar refractivity (Wildman–Crippen MR) is 44.9 cm³/mol. The van der Waals surface area contributed by atoms with E-state index in [0.29, 0.717) is 0 Å². The summed E-state index contributed by atoms with van der Waals surface area (Å²) >= 11 is 0. The van der Waals surface area contributed by atoms with E-state index in [-0.39, 0.29) is 5.56 Å². The summed E-state index contributed by atoms with van der Waals surface area (Å²) in [6.07, 6.45) is 2.56. The van der Waals surface area contributed by atoms with Crippen molar-refractivity contribution < 1.29 is 13.6 Å². The molecule has 4 N–H and O–H groups in total. The van der Waals surface area contributed by atoms with Crippen molar-refractivity contribution in [2.24, 2.45) is 5.73 Å². The summed E-state index contributed by atoms with van der Waals surface area (Å²) in [7, 11) is 0. The maximum atomic E-state index is 12.6. The predicted octanol–water partition coefficient (Wildman–Crippen LogP) is -0.267. The monoisotopic (exact) mass is 204 g/mol. The molecule has 1 aromatic heterocycles. The molecule has 0 saturated carbocycles. The van der Waals surface area contributed by atoms with Gasteiger partial charge in [0.15, 0.2) is 0 Å². The van der Waals surface area contributed by atoms with Crippen LogP contribution in [0.15, 0.2) is 12.4 Å². The van der Waals surface area contributed by atoms with Gasteiger partial charge in [-0.3, -0.25) is 9.89 Å². The average Bonchev–Trinajstić information content (AvgIpc) is 2.67. The van der Waals surface area contributed by atoms with Crippen LogP contribution in [0.5, 0.6) is 0 Å². The van der Waals surface area contributed by atoms with Crippen LogP contribution in [0, 0.1) is 0 Å². The first-order chi connectivity index (χ1) is 6.55. The molecule has 78 valence electrons. The number of amides is 1. The fourth-order valence-electron chi connectivity index (χ4n) is 0.759. The van der Waals surface area contributed by atoms with Crippen LogP contribution >= 0.6 is 0 Å². The van der Waals surface area contributed by atoms with Gasteiger partial charge in [0.2, 0.25) is 0 Å². The van der Waals surface area contributed by atoms with E-state index < -0.39 is 24.9 Å². The number of nitrogens with one attached hydrogen (secondary N) is 2. The number of aromatic amines is 1. The standard InChI is InChI=1S/C7H10F2N4O/c8-7(9,3-10)4-11-6(14)5-1-12-13-2-5/h1-2H,3-4,10H2,(H,11,14)(H,12,13). The number of hydrogen-bond acceptors (Lipinski definition) is 3. The van der Waals surface area contributed by atoms with Gasteiger partial charge in [-0.1, -0.05) is 0 Å². The number of carbonyl (C=O) groups is 1. The molecule has 0 saturated heterocycles. The van der Waals surface area contributed by atoms with Crippen molar-refractivity contribution in [2.45, 2.75) is 5.92 Å². The Labute approximate surface area is 78.7 Å². The Bertz CT molecular complexity index is 299. The number of aromatic nitrogens is 2. The van der Waals surface area contributed by atoms with Crippen LogP contribution in [0.3, 0.4) is 0 Å². The van der Waals surface area contributed by atoms with Crippen LogP contribution in [0.2, 0.25) is 0 Å². The second kappa shape index (κ2) is 4.14. The summed E-state index contributed by atoms with van der Waals surface area (Å²) in [5, 5.41) is 7.96. The van der Waals surface area contributed by atoms with E-state index in [2.05, 4.69) is 10.2 Å². The van der Waals surface area contributed by atoms with E-state index in [9.17, 15) is 13.6 Å². The van der Waals surface area contributed by atoms with Crippen LogP contribution < -0.4 is 11.1 Å². The number of nitrogens with zero attached hydrogens (tertiary/aromatic N) is 1. The van der Waals surface area contributed by atoms with Crippen molar-refractivity contribution in [3.05, 3.63) is 18.0 Å². The van der Waals surface area contributed by atoms with E-state index in [1.807, 2.05) is 5.32 Å². The lowest BCUT2D eigenvalue weighted by atomic mass is 10.3. The fourth-order valence-corrected chi connectivity index (χ4v) is 0.759. The quantitative estimate of drug-likeness (QED) is 0.631. The number of rotatable bonds is 4. The zero-order valence-corrected chi connectivity index (χ0v) is 7.26. The molecular weight excluding hydrogens is 194 g/mol. The molecule has 0 unspecified atom stereocenters. The molecule has 0 fully saturated rings. The van der Waals surface area contributed by atoms with Crippen molar-refractivity contribution >= 4 is 5.91 Å². The van der Waals surface area contributed by atoms with Gasteiger partial charge in [-0.2, -0.15) is 5.10 Å². The van der Waals surface area contributed by atoms with Crippen LogP contribution in [0.25, 0.3) is 0 Å². The first-order valence-electron chi connectivity index (χ1n) is 3.90. The molecule has 1 aromatic rings. The summed E-state index contributed by atoms with van der Waals surface area (Å²) in [4.78, 5) is 11.1. The summed E-state index contributed by atoms with van der Waals surface area (Å²) in [5.74, 6) is -3.67. The summed E-state index contributed by atoms with van der Waals surface area (Å²) < 4.78 is 25.2. The van der Waals surface area contributed by atoms with Crippen molar-refractivity contribution in [1.82, 2.24) is 15.5 Å². The molecule has 1 amide bonds. The Kier molecular flexibility index (Phi) is 3.13. The second-order valence-electron chi connectivity index (χ2n) is 2.73. The van der Waals surface area contributed by atoms with E-state index >= 15 is 0 Å². The van der Waals surface area contributed by atoms with Gasteiger partial charge >= 0.3 is 0 Å². The molecular formula is C7H10F2N4O. The number of halogens is 2. The van der Waals surface area contributed by atoms with Gasteiger partial charge < -0.3 is 11.1 Å². The smallest absolute Gasteiger partial charge is 0.277 e. The van der Waals surface area contributed by atoms with Crippen LogP contribution in [0.4, 0.5) is 8.78 Å². The minimum absolute atomic E-state index is 0.206. The van der Waals surface area contributed by atoms with Crippen molar-refractivity contribution in [1.29, 1.82) is 0 Å². The number of nitrogens with two attached hydrogens (primary N) is 1. The van der Waals surface area contributed by atoms with Gasteiger partial charge in [0.1, 0.15) is 0 Å². The summed E-state index contributed by atoms with van der Waals surface area (Å²) in [5.41, 5.74) is 5.00. The van der Waals surface area contributed by atoms with Gasteiger partial charge in [0.05, 0.1) is 24.8 Å². The maximum Gasteiger partial charge on any atom is 0.277 e. The van der Waals surface area contributed by atoms with Gasteiger partial charge in [-0.25, -0.2) is 8.78 Å². The van der Waals surface area contributed by atoms with E-state index in [0.717, 1.165) is 0 Å². The SMILES string of the molecule is NCC(F)(F)CNC(=O)c1cn[nH]c1. The first-order valence-corrected chi connectivity index (χ1v) is 3.90. The van der Waals surface area contributed by atoms with E-state index in [1.54, 1.807) is 0 Å². The highest BCUT2D eigenvalue weighted by atomic mass is 19.3. The first kappa shape index (κ1) is 10.6. The number of alkyl halides is 2. The lowest BCUT2D eigenvalue weighted by Gasteiger charge is -2.13. The molecule has 0 atom stereocenters. The number of carbonyl (C=O) groups excluding carboxylic acids is 1. The molecule has 5 nitrogen and oxygen atoms in total. The summed E-state index contributed by atoms with van der Waals surface area (Å²) in [6, 6.07) is 0. The molecule has 0 aliphatic heterocycles. The molecule has 1 heterocycles. The molecule has 0 aliphatic carbocycles. The highest BCUT2D eigenvalue weighted by Crippen LogP contribution is 2.08. The minimum Gasteiger partial charge on any atom is -0.346 e. The third-order valence-electron chi connectivity index (χ3n) is 1.57. The Hall–Kier alpha value is -1.50. The summed E-state index contributed by atoms with van der Waals surface area (Å²) in [6.45, 7) is -1.56. The van der Waals surface area contributed by atoms with Crippen molar-refractivity contribution in [3.63, 3.8) is 0 Å². The van der Waals surface area contributed by atoms with Crippen molar-refractivity contribution in [3.8, 4) is 0 Å². The third kappa shape index (κ3) is 2.77. The lowest BCUT2D eigenvalue weighted by molar-refractivity contribution is 0.0118. The van der Waals surface area contributed by atoms with Gasteiger partial charge in [-0.15, -0.1) is 0 Å². The molecule has 14 heavy (non-hydrogen) atoms. The van der Waals surface area contributed by atoms with Crippen LogP contribution in [-0.2, 0) is 0 Å². The Balaban J connectivity index is 2.43. The molecule has 0 aromatic carbocycles. The number of H-pyrrole nitrogens is 1. The maximum absolute atomic E-state index is 12.6. The topological polar surface area (TPSA) is 83.8 Å². The fraction of sp³-hybridized carbons (Fsp3) is 0.429. The van der Waals surface area contributed by atoms with Crippen LogP contribution in [-0.4, -0.2) is 35.1 Å². The molecule has 7 heteroatoms. The molecule has 0 radical (unpaired) electrons. The van der Waals surface area contributed by atoms with Crippen molar-refractivity contribution in [2.75, 3.05) is 13.1 Å². The molecule has 1 rings (SSSR count). The van der Waals surface area contributed by atoms with Gasteiger partial charge in [0, 0.05) is 6.20 Å². The third-order valence-corrected chi connectivity index (χ3v) is 1.57. The second-order valence-corrected chi connectivity index (χ2v) is 2.73. The minimum atomic E-state index is -3.07. The van der Waals surface area contributed by atoms with Gasteiger partial charge in [-0.05, 0) is 0 Å². The Morgan fingerprint density at radius 3 is 2.93 bits per heavy atom. The highest BCUT2D eigenvalue weighted by Gasteiger charge is 2.27. The zero-order chi connectivity index (χ0) is 10.6. The van der Waals surface area contributed by atoms with E-state index in [1.165, 1.54) is 12.4 Å². The zero-order valence-electron chi connectivity index (χ0n) is 7.26. The van der Waals surface area contributed by atoms with Gasteiger partial charge in [0.25, 0.3) is 11.8 Å². The van der Waals surface area contributed by atoms with Crippen LogP contribution in [0.1, 0.15) is 10.4 Å². The molecule has 0 aliphatic rings. The van der Waals surface area contributed by atoms with E-state index in [4.69, 9.17) is 5.73 Å². The Morgan fingerprint density at radius 1 is 1.71 bits per heavy atom. The molecule has 0 bridgehead atoms. The average molecular weight is 204 g/mol. The Morgan fingerprint density at radius 2 is 2.43 bits per heavy atom. The largest absolute Gasteiger partial charge is 0.346 e.